The van der Waals surface area contributed by atoms with Crippen LogP contribution in [0.2, 0.25) is 0 Å². The Kier molecular flexibility index (Phi) is 8.60. The Bertz CT molecular complexity index is 1080. The minimum atomic E-state index is -0.681. The number of nitrogens with one attached hydrogen (secondary N) is 2. The Morgan fingerprint density at radius 1 is 0.970 bits per heavy atom. The largest absolute Gasteiger partial charge is 0.497 e. The van der Waals surface area contributed by atoms with Gasteiger partial charge in [0.1, 0.15) is 5.75 Å². The number of esters is 1. The predicted molar refractivity (Wildman–Crippen MR) is 128 cm³/mol. The molecule has 3 aromatic rings. The van der Waals surface area contributed by atoms with E-state index in [0.717, 1.165) is 16.2 Å². The third-order valence-corrected chi connectivity index (χ3v) is 5.96. The molecule has 7 nitrogen and oxygen atoms in total. The van der Waals surface area contributed by atoms with Crippen LogP contribution in [0, 0.1) is 0 Å². The first-order chi connectivity index (χ1) is 16.0. The van der Waals surface area contributed by atoms with Gasteiger partial charge in [-0.25, -0.2) is 4.79 Å². The summed E-state index contributed by atoms with van der Waals surface area (Å²) < 4.78 is 10.3. The van der Waals surface area contributed by atoms with Crippen LogP contribution in [0.3, 0.4) is 0 Å². The van der Waals surface area contributed by atoms with Gasteiger partial charge in [-0.2, -0.15) is 0 Å². The smallest absolute Gasteiger partial charge is 0.340 e. The number of hydrogen-bond acceptors (Lipinski definition) is 6. The molecule has 2 amide bonds. The number of aryl methyl sites for hydroxylation is 1. The van der Waals surface area contributed by atoms with Crippen molar-refractivity contribution in [2.45, 2.75) is 25.8 Å². The predicted octanol–water partition coefficient (Wildman–Crippen LogP) is 4.36. The number of amides is 2. The van der Waals surface area contributed by atoms with Gasteiger partial charge in [0, 0.05) is 11.3 Å². The normalized spacial score (nSPS) is 11.3. The number of hydrogen-bond donors (Lipinski definition) is 2. The molecule has 0 fully saturated rings. The van der Waals surface area contributed by atoms with E-state index in [-0.39, 0.29) is 23.9 Å². The molecular formula is C25H26N2O5S. The molecule has 0 bridgehead atoms. The van der Waals surface area contributed by atoms with Crippen LogP contribution in [0.4, 0.5) is 5.69 Å². The van der Waals surface area contributed by atoms with Crippen LogP contribution in [0.1, 0.15) is 40.2 Å². The molecule has 2 N–H and O–H groups in total. The maximum Gasteiger partial charge on any atom is 0.340 e. The van der Waals surface area contributed by atoms with Gasteiger partial charge >= 0.3 is 5.97 Å². The second-order valence-electron chi connectivity index (χ2n) is 7.32. The molecule has 0 aliphatic carbocycles. The van der Waals surface area contributed by atoms with Gasteiger partial charge in [0.15, 0.2) is 6.61 Å². The zero-order chi connectivity index (χ0) is 23.6. The molecular weight excluding hydrogens is 440 g/mol. The summed E-state index contributed by atoms with van der Waals surface area (Å²) in [5.74, 6) is -0.552. The van der Waals surface area contributed by atoms with Crippen molar-refractivity contribution >= 4 is 34.8 Å². The van der Waals surface area contributed by atoms with Gasteiger partial charge in [-0.1, -0.05) is 30.3 Å². The van der Waals surface area contributed by atoms with Crippen LogP contribution in [0.25, 0.3) is 0 Å². The Morgan fingerprint density at radius 2 is 1.73 bits per heavy atom. The SMILES string of the molecule is COc1ccc(CCC(=O)Nc2ccccc2C(=O)OCC(=O)NC(C)c2cccs2)cc1. The van der Waals surface area contributed by atoms with Gasteiger partial charge in [0.05, 0.1) is 24.4 Å². The van der Waals surface area contributed by atoms with Crippen LogP contribution in [-0.4, -0.2) is 31.5 Å². The van der Waals surface area contributed by atoms with Crippen molar-refractivity contribution in [1.82, 2.24) is 5.32 Å². The van der Waals surface area contributed by atoms with Gasteiger partial charge < -0.3 is 20.1 Å². The molecule has 2 aromatic carbocycles. The number of carbonyl (C=O) groups is 3. The molecule has 33 heavy (non-hydrogen) atoms. The molecule has 0 spiro atoms. The summed E-state index contributed by atoms with van der Waals surface area (Å²) in [4.78, 5) is 38.1. The van der Waals surface area contributed by atoms with E-state index in [1.165, 1.54) is 11.3 Å². The summed E-state index contributed by atoms with van der Waals surface area (Å²) in [5, 5.41) is 7.48. The molecule has 172 valence electrons. The fourth-order valence-electron chi connectivity index (χ4n) is 3.13. The van der Waals surface area contributed by atoms with Crippen molar-refractivity contribution in [3.63, 3.8) is 0 Å². The van der Waals surface area contributed by atoms with E-state index in [2.05, 4.69) is 10.6 Å². The lowest BCUT2D eigenvalue weighted by molar-refractivity contribution is -0.124. The van der Waals surface area contributed by atoms with Crippen LogP contribution in [0.15, 0.2) is 66.0 Å². The fourth-order valence-corrected chi connectivity index (χ4v) is 3.87. The molecule has 1 atom stereocenters. The molecule has 8 heteroatoms. The van der Waals surface area contributed by atoms with E-state index < -0.39 is 18.5 Å². The topological polar surface area (TPSA) is 93.7 Å². The molecule has 0 aliphatic heterocycles. The number of methoxy groups -OCH3 is 1. The summed E-state index contributed by atoms with van der Waals surface area (Å²) in [7, 11) is 1.60. The number of anilines is 1. The van der Waals surface area contributed by atoms with Crippen molar-refractivity contribution in [2.24, 2.45) is 0 Å². The molecule has 0 radical (unpaired) electrons. The minimum absolute atomic E-state index is 0.173. The van der Waals surface area contributed by atoms with Gasteiger partial charge in [-0.15, -0.1) is 11.3 Å². The number of benzene rings is 2. The van der Waals surface area contributed by atoms with Crippen molar-refractivity contribution in [3.8, 4) is 5.75 Å². The van der Waals surface area contributed by atoms with E-state index in [4.69, 9.17) is 9.47 Å². The van der Waals surface area contributed by atoms with E-state index in [0.29, 0.717) is 12.1 Å². The maximum absolute atomic E-state index is 12.5. The summed E-state index contributed by atoms with van der Waals surface area (Å²) >= 11 is 1.54. The standard InChI is InChI=1S/C25H26N2O5S/c1-17(22-8-5-15-33-22)26-24(29)16-32-25(30)20-6-3-4-7-21(20)27-23(28)14-11-18-9-12-19(31-2)13-10-18/h3-10,12-13,15,17H,11,14,16H2,1-2H3,(H,26,29)(H,27,28). The Labute approximate surface area is 196 Å². The zero-order valence-corrected chi connectivity index (χ0v) is 19.3. The first-order valence-electron chi connectivity index (χ1n) is 10.5. The lowest BCUT2D eigenvalue weighted by atomic mass is 10.1. The fraction of sp³-hybridized carbons (Fsp3) is 0.240. The molecule has 0 saturated carbocycles. The van der Waals surface area contributed by atoms with Crippen molar-refractivity contribution < 1.29 is 23.9 Å². The van der Waals surface area contributed by atoms with E-state index >= 15 is 0 Å². The van der Waals surface area contributed by atoms with E-state index in [9.17, 15) is 14.4 Å². The number of thiophene rings is 1. The quantitative estimate of drug-likeness (QED) is 0.433. The molecule has 3 rings (SSSR count). The maximum atomic E-state index is 12.5. The summed E-state index contributed by atoms with van der Waals surface area (Å²) in [5.41, 5.74) is 1.53. The summed E-state index contributed by atoms with van der Waals surface area (Å²) in [6.07, 6.45) is 0.795. The minimum Gasteiger partial charge on any atom is -0.497 e. The molecule has 0 aliphatic rings. The van der Waals surface area contributed by atoms with Crippen molar-refractivity contribution in [3.05, 3.63) is 82.0 Å². The van der Waals surface area contributed by atoms with E-state index in [1.807, 2.05) is 48.7 Å². The third-order valence-electron chi connectivity index (χ3n) is 4.90. The van der Waals surface area contributed by atoms with Crippen LogP contribution >= 0.6 is 11.3 Å². The Morgan fingerprint density at radius 3 is 2.42 bits per heavy atom. The summed E-state index contributed by atoms with van der Waals surface area (Å²) in [6, 6.07) is 17.7. The number of carbonyl (C=O) groups excluding carboxylic acids is 3. The molecule has 1 heterocycles. The summed E-state index contributed by atoms with van der Waals surface area (Å²) in [6.45, 7) is 1.45. The van der Waals surface area contributed by atoms with Crippen molar-refractivity contribution in [2.75, 3.05) is 19.0 Å². The molecule has 1 aromatic heterocycles. The Balaban J connectivity index is 1.51. The lowest BCUT2D eigenvalue weighted by Gasteiger charge is -2.13. The highest BCUT2D eigenvalue weighted by Gasteiger charge is 2.17. The monoisotopic (exact) mass is 466 g/mol. The van der Waals surface area contributed by atoms with Gasteiger partial charge in [0.25, 0.3) is 5.91 Å². The second-order valence-corrected chi connectivity index (χ2v) is 8.30. The highest BCUT2D eigenvalue weighted by molar-refractivity contribution is 7.10. The first-order valence-corrected chi connectivity index (χ1v) is 11.4. The average Bonchev–Trinajstić information content (AvgIpc) is 3.37. The average molecular weight is 467 g/mol. The van der Waals surface area contributed by atoms with E-state index in [1.54, 1.807) is 31.4 Å². The zero-order valence-electron chi connectivity index (χ0n) is 18.5. The highest BCUT2D eigenvalue weighted by Crippen LogP contribution is 2.19. The second kappa shape index (κ2) is 11.8. The van der Waals surface area contributed by atoms with Crippen LogP contribution in [0.5, 0.6) is 5.75 Å². The van der Waals surface area contributed by atoms with Crippen molar-refractivity contribution in [1.29, 1.82) is 0 Å². The van der Waals surface area contributed by atoms with Crippen LogP contribution in [-0.2, 0) is 20.7 Å². The molecule has 1 unspecified atom stereocenters. The lowest BCUT2D eigenvalue weighted by Crippen LogP contribution is -2.31. The highest BCUT2D eigenvalue weighted by atomic mass is 32.1. The van der Waals surface area contributed by atoms with Crippen LogP contribution < -0.4 is 15.4 Å². The Hall–Kier alpha value is -3.65. The number of para-hydroxylation sites is 1. The van der Waals surface area contributed by atoms with Gasteiger partial charge in [0.2, 0.25) is 5.91 Å². The first kappa shape index (κ1) is 24.0. The van der Waals surface area contributed by atoms with Gasteiger partial charge in [-0.05, 0) is 54.6 Å². The third kappa shape index (κ3) is 7.18. The number of ether oxygens (including phenoxy) is 2. The number of rotatable bonds is 10. The molecule has 0 saturated heterocycles. The van der Waals surface area contributed by atoms with Gasteiger partial charge in [-0.3, -0.25) is 9.59 Å².